The van der Waals surface area contributed by atoms with E-state index < -0.39 is 0 Å². The number of rotatable bonds is 6. The molecule has 0 spiro atoms. The van der Waals surface area contributed by atoms with Gasteiger partial charge < -0.3 is 18.9 Å². The number of ether oxygens (including phenoxy) is 4. The van der Waals surface area contributed by atoms with Gasteiger partial charge >= 0.3 is 0 Å². The Hall–Kier alpha value is -0.160. The van der Waals surface area contributed by atoms with Crippen LogP contribution in [-0.2, 0) is 18.9 Å². The molecule has 5 atom stereocenters. The van der Waals surface area contributed by atoms with Gasteiger partial charge in [-0.05, 0) is 37.0 Å². The van der Waals surface area contributed by atoms with E-state index >= 15 is 0 Å². The molecule has 5 fully saturated rings. The minimum absolute atomic E-state index is 0.392. The van der Waals surface area contributed by atoms with E-state index in [2.05, 4.69) is 0 Å². The first-order chi connectivity index (χ1) is 9.40. The van der Waals surface area contributed by atoms with Crippen LogP contribution in [0.25, 0.3) is 0 Å². The number of fused-ring (bicyclic) bond motifs is 1. The van der Waals surface area contributed by atoms with Gasteiger partial charge in [-0.1, -0.05) is 6.42 Å². The minimum atomic E-state index is 0.392. The fraction of sp³-hybridized carbons (Fsp3) is 1.00. The van der Waals surface area contributed by atoms with Crippen molar-refractivity contribution < 1.29 is 18.9 Å². The van der Waals surface area contributed by atoms with Crippen LogP contribution < -0.4 is 0 Å². The average molecular weight is 268 g/mol. The van der Waals surface area contributed by atoms with Gasteiger partial charge in [-0.15, -0.1) is 0 Å². The highest BCUT2D eigenvalue weighted by Gasteiger charge is 2.53. The summed E-state index contributed by atoms with van der Waals surface area (Å²) in [7, 11) is 0. The van der Waals surface area contributed by atoms with Crippen molar-refractivity contribution in [3.63, 3.8) is 0 Å². The topological polar surface area (TPSA) is 46.8 Å². The minimum Gasteiger partial charge on any atom is -0.376 e. The summed E-state index contributed by atoms with van der Waals surface area (Å²) in [6, 6.07) is 0. The Balaban J connectivity index is 0.000000103. The van der Waals surface area contributed by atoms with Gasteiger partial charge in [0.05, 0.1) is 39.1 Å². The Kier molecular flexibility index (Phi) is 3.52. The third-order valence-corrected chi connectivity index (χ3v) is 4.93. The molecule has 4 nitrogen and oxygen atoms in total. The van der Waals surface area contributed by atoms with Crippen LogP contribution in [0.4, 0.5) is 0 Å². The smallest absolute Gasteiger partial charge is 0.104 e. The lowest BCUT2D eigenvalue weighted by Crippen LogP contribution is -2.06. The molecule has 0 aromatic carbocycles. The van der Waals surface area contributed by atoms with Crippen molar-refractivity contribution in [1.29, 1.82) is 0 Å². The molecule has 0 N–H and O–H groups in total. The first-order valence-electron chi connectivity index (χ1n) is 7.82. The quantitative estimate of drug-likeness (QED) is 0.687. The highest BCUT2D eigenvalue weighted by Crippen LogP contribution is 2.60. The Morgan fingerprint density at radius 1 is 0.789 bits per heavy atom. The summed E-state index contributed by atoms with van der Waals surface area (Å²) in [6.45, 7) is 4.33. The zero-order valence-electron chi connectivity index (χ0n) is 11.5. The molecule has 2 saturated carbocycles. The lowest BCUT2D eigenvalue weighted by molar-refractivity contribution is 0.102. The SMILES string of the molecule is C(OCC1CO1)C1CO1.C1CC2C(C1)C2CC1CO1. The zero-order chi connectivity index (χ0) is 12.7. The Bertz CT molecular complexity index is 287. The summed E-state index contributed by atoms with van der Waals surface area (Å²) in [6.07, 6.45) is 7.44. The third-order valence-electron chi connectivity index (χ3n) is 4.93. The van der Waals surface area contributed by atoms with Crippen molar-refractivity contribution in [2.75, 3.05) is 33.0 Å². The number of epoxide rings is 3. The van der Waals surface area contributed by atoms with Crippen molar-refractivity contribution in [1.82, 2.24) is 0 Å². The van der Waals surface area contributed by atoms with Gasteiger partial charge in [-0.3, -0.25) is 0 Å². The van der Waals surface area contributed by atoms with Crippen molar-refractivity contribution in [2.24, 2.45) is 17.8 Å². The molecular weight excluding hydrogens is 244 g/mol. The number of hydrogen-bond acceptors (Lipinski definition) is 4. The van der Waals surface area contributed by atoms with Crippen LogP contribution in [0.2, 0.25) is 0 Å². The highest BCUT2D eigenvalue weighted by molar-refractivity contribution is 5.02. The van der Waals surface area contributed by atoms with Crippen LogP contribution in [-0.4, -0.2) is 51.3 Å². The maximum Gasteiger partial charge on any atom is 0.104 e. The van der Waals surface area contributed by atoms with E-state index in [-0.39, 0.29) is 0 Å². The normalized spacial score (nSPS) is 48.0. The van der Waals surface area contributed by atoms with E-state index in [0.29, 0.717) is 18.3 Å². The summed E-state index contributed by atoms with van der Waals surface area (Å²) in [5, 5.41) is 0. The van der Waals surface area contributed by atoms with E-state index in [4.69, 9.17) is 18.9 Å². The second-order valence-corrected chi connectivity index (χ2v) is 6.56. The molecule has 2 aliphatic carbocycles. The lowest BCUT2D eigenvalue weighted by atomic mass is 10.1. The molecule has 19 heavy (non-hydrogen) atoms. The van der Waals surface area contributed by atoms with Gasteiger partial charge in [0.2, 0.25) is 0 Å². The molecule has 3 aliphatic heterocycles. The highest BCUT2D eigenvalue weighted by atomic mass is 16.6. The van der Waals surface area contributed by atoms with Crippen molar-refractivity contribution in [3.8, 4) is 0 Å². The molecule has 5 unspecified atom stereocenters. The van der Waals surface area contributed by atoms with E-state index in [1.807, 2.05) is 0 Å². The molecule has 5 aliphatic rings. The summed E-state index contributed by atoms with van der Waals surface area (Å²) in [4.78, 5) is 0. The summed E-state index contributed by atoms with van der Waals surface area (Å²) in [5.74, 6) is 3.38. The lowest BCUT2D eigenvalue weighted by Gasteiger charge is -1.97. The molecule has 3 heterocycles. The predicted molar refractivity (Wildman–Crippen MR) is 69.0 cm³/mol. The maximum absolute atomic E-state index is 5.23. The zero-order valence-corrected chi connectivity index (χ0v) is 11.5. The fourth-order valence-electron chi connectivity index (χ4n) is 3.49. The first kappa shape index (κ1) is 12.6. The second-order valence-electron chi connectivity index (χ2n) is 6.56. The second kappa shape index (κ2) is 5.32. The van der Waals surface area contributed by atoms with E-state index in [1.165, 1.54) is 25.7 Å². The Morgan fingerprint density at radius 3 is 1.79 bits per heavy atom. The molecule has 0 amide bonds. The van der Waals surface area contributed by atoms with Crippen molar-refractivity contribution in [2.45, 2.75) is 44.0 Å². The van der Waals surface area contributed by atoms with Gasteiger partial charge in [0, 0.05) is 0 Å². The molecule has 0 bridgehead atoms. The van der Waals surface area contributed by atoms with Gasteiger partial charge in [-0.2, -0.15) is 0 Å². The van der Waals surface area contributed by atoms with Gasteiger partial charge in [0.1, 0.15) is 12.2 Å². The average Bonchev–Trinajstić information content (AvgIpc) is 3.25. The standard InChI is InChI=1S/C9H14O.C6H10O3/c1-2-7-8(3-1)9(7)4-6-5-10-6;1(5-3-8-5)7-2-6-4-9-6/h6-9H,1-5H2;5-6H,1-4H2. The van der Waals surface area contributed by atoms with E-state index in [9.17, 15) is 0 Å². The fourth-order valence-corrected chi connectivity index (χ4v) is 3.49. The van der Waals surface area contributed by atoms with Gasteiger partial charge in [-0.25, -0.2) is 0 Å². The van der Waals surface area contributed by atoms with Crippen LogP contribution >= 0.6 is 0 Å². The van der Waals surface area contributed by atoms with Crippen LogP contribution in [0.15, 0.2) is 0 Å². The molecule has 3 saturated heterocycles. The molecular formula is C15H24O4. The number of hydrogen-bond donors (Lipinski definition) is 0. The monoisotopic (exact) mass is 268 g/mol. The van der Waals surface area contributed by atoms with Gasteiger partial charge in [0.25, 0.3) is 0 Å². The summed E-state index contributed by atoms with van der Waals surface area (Å²) in [5.41, 5.74) is 0. The molecule has 4 heteroatoms. The van der Waals surface area contributed by atoms with Crippen molar-refractivity contribution in [3.05, 3.63) is 0 Å². The predicted octanol–water partition coefficient (Wildman–Crippen LogP) is 1.62. The van der Waals surface area contributed by atoms with Crippen LogP contribution in [0.5, 0.6) is 0 Å². The Labute approximate surface area is 114 Å². The maximum atomic E-state index is 5.23. The van der Waals surface area contributed by atoms with E-state index in [1.54, 1.807) is 0 Å². The summed E-state index contributed by atoms with van der Waals surface area (Å²) >= 11 is 0. The van der Waals surface area contributed by atoms with Gasteiger partial charge in [0.15, 0.2) is 0 Å². The molecule has 0 aromatic heterocycles. The molecule has 108 valence electrons. The Morgan fingerprint density at radius 2 is 1.32 bits per heavy atom. The third kappa shape index (κ3) is 3.69. The molecule has 5 rings (SSSR count). The first-order valence-corrected chi connectivity index (χ1v) is 7.82. The summed E-state index contributed by atoms with van der Waals surface area (Å²) < 4.78 is 20.3. The van der Waals surface area contributed by atoms with Crippen LogP contribution in [0.3, 0.4) is 0 Å². The largest absolute Gasteiger partial charge is 0.376 e. The van der Waals surface area contributed by atoms with Crippen LogP contribution in [0, 0.1) is 17.8 Å². The van der Waals surface area contributed by atoms with E-state index in [0.717, 1.165) is 50.8 Å². The molecule has 0 radical (unpaired) electrons. The van der Waals surface area contributed by atoms with Crippen molar-refractivity contribution >= 4 is 0 Å². The molecule has 0 aromatic rings. The van der Waals surface area contributed by atoms with Crippen LogP contribution in [0.1, 0.15) is 25.7 Å².